The number of rotatable bonds is 4. The summed E-state index contributed by atoms with van der Waals surface area (Å²) >= 11 is 0. The lowest BCUT2D eigenvalue weighted by Gasteiger charge is -2.14. The fourth-order valence-corrected chi connectivity index (χ4v) is 1.02. The second kappa shape index (κ2) is 4.86. The van der Waals surface area contributed by atoms with Crippen molar-refractivity contribution < 1.29 is 0 Å². The van der Waals surface area contributed by atoms with Gasteiger partial charge >= 0.3 is 0 Å². The molecule has 0 aromatic carbocycles. The maximum Gasteiger partial charge on any atom is 0.0374 e. The molecule has 2 N–H and O–H groups in total. The van der Waals surface area contributed by atoms with Crippen molar-refractivity contribution >= 4 is 11.9 Å². The first-order valence-corrected chi connectivity index (χ1v) is 4.30. The van der Waals surface area contributed by atoms with E-state index in [9.17, 15) is 0 Å². The van der Waals surface area contributed by atoms with Gasteiger partial charge < -0.3 is 10.8 Å². The zero-order chi connectivity index (χ0) is 9.72. The fraction of sp³-hybridized carbons (Fsp3) is 0.600. The minimum Gasteiger partial charge on any atom is -0.309 e. The molecule has 12 heavy (non-hydrogen) atoms. The monoisotopic (exact) mass is 166 g/mol. The van der Waals surface area contributed by atoms with Crippen LogP contribution in [0.5, 0.6) is 0 Å². The molecular formula is C10H18N2. The van der Waals surface area contributed by atoms with Crippen LogP contribution in [-0.2, 0) is 0 Å². The minimum atomic E-state index is 0.249. The van der Waals surface area contributed by atoms with Crippen LogP contribution in [0.25, 0.3) is 0 Å². The third-order valence-electron chi connectivity index (χ3n) is 1.77. The van der Waals surface area contributed by atoms with Gasteiger partial charge in [-0.1, -0.05) is 27.7 Å². The average molecular weight is 166 g/mol. The molecule has 0 aliphatic carbocycles. The van der Waals surface area contributed by atoms with E-state index >= 15 is 0 Å². The Morgan fingerprint density at radius 3 is 1.83 bits per heavy atom. The van der Waals surface area contributed by atoms with E-state index in [0.717, 1.165) is 5.57 Å². The van der Waals surface area contributed by atoms with Gasteiger partial charge in [0.15, 0.2) is 0 Å². The molecule has 2 nitrogen and oxygen atoms in total. The van der Waals surface area contributed by atoms with Crippen LogP contribution < -0.4 is 0 Å². The highest BCUT2D eigenvalue weighted by Gasteiger charge is 2.11. The zero-order valence-electron chi connectivity index (χ0n) is 8.31. The smallest absolute Gasteiger partial charge is 0.0374 e. The molecule has 0 fully saturated rings. The van der Waals surface area contributed by atoms with Crippen molar-refractivity contribution in [1.82, 2.24) is 0 Å². The van der Waals surface area contributed by atoms with Crippen molar-refractivity contribution in [2.75, 3.05) is 0 Å². The van der Waals surface area contributed by atoms with Gasteiger partial charge in [0.1, 0.15) is 0 Å². The third-order valence-corrected chi connectivity index (χ3v) is 1.77. The van der Waals surface area contributed by atoms with E-state index in [-0.39, 0.29) is 5.92 Å². The van der Waals surface area contributed by atoms with E-state index in [1.54, 1.807) is 6.08 Å². The number of hydrogen-bond acceptors (Lipinski definition) is 2. The van der Waals surface area contributed by atoms with Crippen LogP contribution in [0, 0.1) is 22.7 Å². The normalized spacial score (nSPS) is 12.3. The predicted molar refractivity (Wildman–Crippen MR) is 54.3 cm³/mol. The number of hydrogen-bond donors (Lipinski definition) is 2. The summed E-state index contributed by atoms with van der Waals surface area (Å²) in [5.74, 6) is 0.583. The van der Waals surface area contributed by atoms with Crippen LogP contribution >= 0.6 is 0 Å². The summed E-state index contributed by atoms with van der Waals surface area (Å²) in [7, 11) is 0. The molecule has 0 atom stereocenters. The largest absolute Gasteiger partial charge is 0.309 e. The number of allylic oxidation sites excluding steroid dienone is 2. The van der Waals surface area contributed by atoms with E-state index < -0.39 is 0 Å². The van der Waals surface area contributed by atoms with Crippen molar-refractivity contribution in [1.29, 1.82) is 10.8 Å². The van der Waals surface area contributed by atoms with Crippen LogP contribution in [0.4, 0.5) is 0 Å². The van der Waals surface area contributed by atoms with Gasteiger partial charge in [0.25, 0.3) is 0 Å². The fourth-order valence-electron chi connectivity index (χ4n) is 1.02. The van der Waals surface area contributed by atoms with Gasteiger partial charge in [0.05, 0.1) is 0 Å². The van der Waals surface area contributed by atoms with Crippen molar-refractivity contribution in [2.45, 2.75) is 27.7 Å². The van der Waals surface area contributed by atoms with Gasteiger partial charge in [-0.2, -0.15) is 0 Å². The van der Waals surface area contributed by atoms with Gasteiger partial charge in [-0.3, -0.25) is 0 Å². The molecule has 0 bridgehead atoms. The Balaban J connectivity index is 4.64. The van der Waals surface area contributed by atoms with Crippen molar-refractivity contribution in [2.24, 2.45) is 11.8 Å². The van der Waals surface area contributed by atoms with E-state index in [1.165, 1.54) is 6.21 Å². The molecule has 2 heteroatoms. The third kappa shape index (κ3) is 2.99. The van der Waals surface area contributed by atoms with Crippen LogP contribution in [0.15, 0.2) is 11.6 Å². The Bertz CT molecular complexity index is 200. The van der Waals surface area contributed by atoms with Crippen molar-refractivity contribution in [3.05, 3.63) is 11.6 Å². The summed E-state index contributed by atoms with van der Waals surface area (Å²) in [6.45, 7) is 8.10. The summed E-state index contributed by atoms with van der Waals surface area (Å²) in [6.07, 6.45) is 2.97. The van der Waals surface area contributed by atoms with E-state index in [4.69, 9.17) is 10.8 Å². The molecule has 68 valence electrons. The zero-order valence-corrected chi connectivity index (χ0v) is 8.31. The molecule has 0 aliphatic heterocycles. The molecule has 0 aromatic rings. The first kappa shape index (κ1) is 11.1. The predicted octanol–water partition coefficient (Wildman–Crippen LogP) is 2.89. The average Bonchev–Trinajstić information content (AvgIpc) is 1.98. The molecular weight excluding hydrogens is 148 g/mol. The number of nitrogens with one attached hydrogen (secondary N) is 2. The summed E-state index contributed by atoms with van der Waals surface area (Å²) in [5.41, 5.74) is 1.62. The van der Waals surface area contributed by atoms with E-state index in [1.807, 2.05) is 27.7 Å². The Morgan fingerprint density at radius 2 is 1.58 bits per heavy atom. The second-order valence-corrected chi connectivity index (χ2v) is 3.51. The first-order chi connectivity index (χ1) is 5.50. The topological polar surface area (TPSA) is 47.7 Å². The highest BCUT2D eigenvalue weighted by molar-refractivity contribution is 6.02. The quantitative estimate of drug-likeness (QED) is 0.603. The summed E-state index contributed by atoms with van der Waals surface area (Å²) in [5, 5.41) is 14.7. The maximum atomic E-state index is 7.76. The standard InChI is InChI=1S/C10H18N2/c1-7(2)9(5-6-11)10(12)8(3)4/h5-8,11-12H,1-4H3/b9-5-,11-6?,12-10?. The molecule has 0 rings (SSSR count). The SMILES string of the molecule is CC(C)C(=N)/C(=C\C=N)C(C)C. The lowest BCUT2D eigenvalue weighted by Crippen LogP contribution is -2.13. The highest BCUT2D eigenvalue weighted by Crippen LogP contribution is 2.14. The Hall–Kier alpha value is -0.920. The lowest BCUT2D eigenvalue weighted by atomic mass is 9.91. The Kier molecular flexibility index (Phi) is 4.49. The molecule has 0 unspecified atom stereocenters. The van der Waals surface area contributed by atoms with Crippen LogP contribution in [0.3, 0.4) is 0 Å². The van der Waals surface area contributed by atoms with Crippen LogP contribution in [0.2, 0.25) is 0 Å². The van der Waals surface area contributed by atoms with E-state index in [2.05, 4.69) is 0 Å². The summed E-state index contributed by atoms with van der Waals surface area (Å²) in [6, 6.07) is 0. The minimum absolute atomic E-state index is 0.249. The van der Waals surface area contributed by atoms with E-state index in [0.29, 0.717) is 11.6 Å². The molecule has 0 spiro atoms. The van der Waals surface area contributed by atoms with Crippen molar-refractivity contribution in [3.63, 3.8) is 0 Å². The molecule has 0 amide bonds. The molecule has 0 saturated heterocycles. The molecule has 0 heterocycles. The molecule has 0 aliphatic rings. The van der Waals surface area contributed by atoms with Gasteiger partial charge in [0, 0.05) is 11.9 Å². The molecule has 0 saturated carbocycles. The summed E-state index contributed by atoms with van der Waals surface area (Å²) < 4.78 is 0. The Morgan fingerprint density at radius 1 is 1.08 bits per heavy atom. The lowest BCUT2D eigenvalue weighted by molar-refractivity contribution is 0.772. The first-order valence-electron chi connectivity index (χ1n) is 4.30. The summed E-state index contributed by atoms with van der Waals surface area (Å²) in [4.78, 5) is 0. The Labute approximate surface area is 74.7 Å². The van der Waals surface area contributed by atoms with Gasteiger partial charge in [0.2, 0.25) is 0 Å². The second-order valence-electron chi connectivity index (χ2n) is 3.51. The molecule has 0 radical (unpaired) electrons. The van der Waals surface area contributed by atoms with Crippen molar-refractivity contribution in [3.8, 4) is 0 Å². The highest BCUT2D eigenvalue weighted by atomic mass is 14.4. The van der Waals surface area contributed by atoms with Crippen LogP contribution in [-0.4, -0.2) is 11.9 Å². The van der Waals surface area contributed by atoms with Crippen LogP contribution in [0.1, 0.15) is 27.7 Å². The van der Waals surface area contributed by atoms with Gasteiger partial charge in [-0.25, -0.2) is 0 Å². The van der Waals surface area contributed by atoms with Gasteiger partial charge in [-0.15, -0.1) is 0 Å². The van der Waals surface area contributed by atoms with Gasteiger partial charge in [-0.05, 0) is 23.5 Å². The molecule has 0 aromatic heterocycles. The maximum absolute atomic E-state index is 7.76.